The summed E-state index contributed by atoms with van der Waals surface area (Å²) >= 11 is 0. The molecule has 0 radical (unpaired) electrons. The molecule has 1 rings (SSSR count). The Morgan fingerprint density at radius 1 is 0.952 bits per heavy atom. The van der Waals surface area contributed by atoms with Gasteiger partial charge in [0.2, 0.25) is 10.0 Å². The standard InChI is InChI=1S/C15H25NO4S/c1-2-11-19-14-9-5-6-10-15(14)20-12-7-3-4-8-13-21(16,17)18/h5-6,9-10H,2-4,7-8,11-13H2,1H3,(H2,16,17,18). The van der Waals surface area contributed by atoms with E-state index in [1.807, 2.05) is 24.3 Å². The van der Waals surface area contributed by atoms with Gasteiger partial charge < -0.3 is 9.47 Å². The molecule has 21 heavy (non-hydrogen) atoms. The molecule has 0 atom stereocenters. The van der Waals surface area contributed by atoms with E-state index in [1.165, 1.54) is 0 Å². The van der Waals surface area contributed by atoms with Crippen molar-refractivity contribution in [2.24, 2.45) is 5.14 Å². The molecule has 0 saturated heterocycles. The van der Waals surface area contributed by atoms with Crippen molar-refractivity contribution < 1.29 is 17.9 Å². The number of unbranched alkanes of at least 4 members (excludes halogenated alkanes) is 3. The average Bonchev–Trinajstić information content (AvgIpc) is 2.44. The van der Waals surface area contributed by atoms with Crippen LogP contribution in [-0.2, 0) is 10.0 Å². The second-order valence-electron chi connectivity index (χ2n) is 4.92. The van der Waals surface area contributed by atoms with Crippen LogP contribution in [0.2, 0.25) is 0 Å². The molecule has 1 aromatic rings. The first kappa shape index (κ1) is 17.8. The summed E-state index contributed by atoms with van der Waals surface area (Å²) in [7, 11) is -3.32. The van der Waals surface area contributed by atoms with Gasteiger partial charge in [0.25, 0.3) is 0 Å². The van der Waals surface area contributed by atoms with Crippen LogP contribution in [0.5, 0.6) is 11.5 Å². The third-order valence-electron chi connectivity index (χ3n) is 2.89. The molecular formula is C15H25NO4S. The molecule has 0 saturated carbocycles. The number of rotatable bonds is 11. The Balaban J connectivity index is 2.20. The largest absolute Gasteiger partial charge is 0.490 e. The summed E-state index contributed by atoms with van der Waals surface area (Å²) in [6, 6.07) is 7.63. The lowest BCUT2D eigenvalue weighted by atomic mass is 10.2. The number of benzene rings is 1. The van der Waals surface area contributed by atoms with Gasteiger partial charge in [-0.2, -0.15) is 0 Å². The Hall–Kier alpha value is -1.27. The normalized spacial score (nSPS) is 11.3. The van der Waals surface area contributed by atoms with Crippen molar-refractivity contribution >= 4 is 10.0 Å². The summed E-state index contributed by atoms with van der Waals surface area (Å²) < 4.78 is 32.9. The van der Waals surface area contributed by atoms with Gasteiger partial charge >= 0.3 is 0 Å². The van der Waals surface area contributed by atoms with E-state index in [9.17, 15) is 8.42 Å². The fourth-order valence-electron chi connectivity index (χ4n) is 1.84. The average molecular weight is 315 g/mol. The first-order valence-electron chi connectivity index (χ1n) is 7.38. The lowest BCUT2D eigenvalue weighted by molar-refractivity contribution is 0.263. The molecule has 0 aromatic heterocycles. The third-order valence-corrected chi connectivity index (χ3v) is 3.75. The fraction of sp³-hybridized carbons (Fsp3) is 0.600. The second-order valence-corrected chi connectivity index (χ2v) is 6.66. The summed E-state index contributed by atoms with van der Waals surface area (Å²) in [6.07, 6.45) is 4.21. The van der Waals surface area contributed by atoms with E-state index in [-0.39, 0.29) is 5.75 Å². The summed E-state index contributed by atoms with van der Waals surface area (Å²) in [4.78, 5) is 0. The van der Waals surface area contributed by atoms with Gasteiger partial charge in [-0.3, -0.25) is 0 Å². The summed E-state index contributed by atoms with van der Waals surface area (Å²) in [6.45, 7) is 3.33. The maximum Gasteiger partial charge on any atom is 0.209 e. The third kappa shape index (κ3) is 8.57. The molecule has 6 heteroatoms. The van der Waals surface area contributed by atoms with Gasteiger partial charge in [0.15, 0.2) is 11.5 Å². The van der Waals surface area contributed by atoms with E-state index in [1.54, 1.807) is 0 Å². The quantitative estimate of drug-likeness (QED) is 0.637. The Labute approximate surface area is 127 Å². The van der Waals surface area contributed by atoms with Gasteiger partial charge in [-0.25, -0.2) is 13.6 Å². The molecule has 5 nitrogen and oxygen atoms in total. The van der Waals surface area contributed by atoms with Gasteiger partial charge in [0.05, 0.1) is 19.0 Å². The highest BCUT2D eigenvalue weighted by molar-refractivity contribution is 7.89. The van der Waals surface area contributed by atoms with Crippen LogP contribution in [0, 0.1) is 0 Å². The van der Waals surface area contributed by atoms with Gasteiger partial charge in [0, 0.05) is 0 Å². The lowest BCUT2D eigenvalue weighted by Crippen LogP contribution is -2.16. The van der Waals surface area contributed by atoms with Crippen LogP contribution in [0.25, 0.3) is 0 Å². The van der Waals surface area contributed by atoms with E-state index in [0.29, 0.717) is 19.6 Å². The number of sulfonamides is 1. The zero-order valence-electron chi connectivity index (χ0n) is 12.6. The lowest BCUT2D eigenvalue weighted by Gasteiger charge is -2.12. The summed E-state index contributed by atoms with van der Waals surface area (Å²) in [5, 5.41) is 4.94. The number of primary sulfonamides is 1. The van der Waals surface area contributed by atoms with Crippen LogP contribution in [0.3, 0.4) is 0 Å². The van der Waals surface area contributed by atoms with Gasteiger partial charge in [-0.15, -0.1) is 0 Å². The van der Waals surface area contributed by atoms with Crippen LogP contribution >= 0.6 is 0 Å². The number of nitrogens with two attached hydrogens (primary N) is 1. The van der Waals surface area contributed by atoms with E-state index in [0.717, 1.165) is 37.2 Å². The molecule has 0 aliphatic carbocycles. The van der Waals surface area contributed by atoms with E-state index in [4.69, 9.17) is 14.6 Å². The first-order chi connectivity index (χ1) is 10.0. The highest BCUT2D eigenvalue weighted by Crippen LogP contribution is 2.26. The van der Waals surface area contributed by atoms with E-state index < -0.39 is 10.0 Å². The Kier molecular flexibility index (Phi) is 8.15. The molecule has 0 fully saturated rings. The van der Waals surface area contributed by atoms with Crippen LogP contribution in [0.1, 0.15) is 39.0 Å². The predicted octanol–water partition coefficient (Wildman–Crippen LogP) is 2.70. The van der Waals surface area contributed by atoms with Gasteiger partial charge in [-0.1, -0.05) is 31.9 Å². The zero-order valence-corrected chi connectivity index (χ0v) is 13.4. The van der Waals surface area contributed by atoms with E-state index in [2.05, 4.69) is 6.92 Å². The molecule has 0 amide bonds. The second kappa shape index (κ2) is 9.63. The van der Waals surface area contributed by atoms with Crippen LogP contribution < -0.4 is 14.6 Å². The van der Waals surface area contributed by atoms with Crippen LogP contribution in [0.15, 0.2) is 24.3 Å². The molecule has 2 N–H and O–H groups in total. The predicted molar refractivity (Wildman–Crippen MR) is 84.2 cm³/mol. The van der Waals surface area contributed by atoms with Crippen molar-refractivity contribution in [2.45, 2.75) is 39.0 Å². The minimum atomic E-state index is -3.32. The van der Waals surface area contributed by atoms with E-state index >= 15 is 0 Å². The minimum Gasteiger partial charge on any atom is -0.490 e. The van der Waals surface area contributed by atoms with Gasteiger partial charge in [0.1, 0.15) is 0 Å². The van der Waals surface area contributed by atoms with Crippen molar-refractivity contribution in [3.63, 3.8) is 0 Å². The highest BCUT2D eigenvalue weighted by atomic mass is 32.2. The Morgan fingerprint density at radius 3 is 2.10 bits per heavy atom. The number of ether oxygens (including phenoxy) is 2. The maximum atomic E-state index is 10.8. The van der Waals surface area contributed by atoms with Crippen molar-refractivity contribution in [1.29, 1.82) is 0 Å². The smallest absolute Gasteiger partial charge is 0.209 e. The number of para-hydroxylation sites is 2. The monoisotopic (exact) mass is 315 g/mol. The zero-order chi connectivity index (χ0) is 15.6. The molecule has 120 valence electrons. The maximum absolute atomic E-state index is 10.8. The van der Waals surface area contributed by atoms with Crippen molar-refractivity contribution in [2.75, 3.05) is 19.0 Å². The molecule has 0 heterocycles. The van der Waals surface area contributed by atoms with Crippen molar-refractivity contribution in [3.05, 3.63) is 24.3 Å². The van der Waals surface area contributed by atoms with Crippen LogP contribution in [-0.4, -0.2) is 27.4 Å². The first-order valence-corrected chi connectivity index (χ1v) is 9.09. The molecule has 0 spiro atoms. The number of hydrogen-bond donors (Lipinski definition) is 1. The fourth-order valence-corrected chi connectivity index (χ4v) is 2.45. The summed E-state index contributed by atoms with van der Waals surface area (Å²) in [5.74, 6) is 1.59. The van der Waals surface area contributed by atoms with Crippen molar-refractivity contribution in [3.8, 4) is 11.5 Å². The van der Waals surface area contributed by atoms with Gasteiger partial charge in [-0.05, 0) is 31.4 Å². The molecule has 0 aliphatic heterocycles. The Bertz CT molecular complexity index is 502. The molecule has 1 aromatic carbocycles. The molecule has 0 aliphatic rings. The molecule has 0 bridgehead atoms. The minimum absolute atomic E-state index is 0.0571. The summed E-state index contributed by atoms with van der Waals surface area (Å²) in [5.41, 5.74) is 0. The topological polar surface area (TPSA) is 78.6 Å². The van der Waals surface area contributed by atoms with Crippen LogP contribution in [0.4, 0.5) is 0 Å². The number of hydrogen-bond acceptors (Lipinski definition) is 4. The van der Waals surface area contributed by atoms with Crippen molar-refractivity contribution in [1.82, 2.24) is 0 Å². The highest BCUT2D eigenvalue weighted by Gasteiger charge is 2.04. The molecule has 0 unspecified atom stereocenters. The Morgan fingerprint density at radius 2 is 1.52 bits per heavy atom. The SMILES string of the molecule is CCCOc1ccccc1OCCCCCCS(N)(=O)=O. The molecular weight excluding hydrogens is 290 g/mol.